The molecule has 2 nitrogen and oxygen atoms in total. The Morgan fingerprint density at radius 3 is 2.74 bits per heavy atom. The van der Waals surface area contributed by atoms with E-state index in [9.17, 15) is 4.79 Å². The number of fused-ring (bicyclic) bond motifs is 1. The quantitative estimate of drug-likeness (QED) is 0.862. The highest BCUT2D eigenvalue weighted by Crippen LogP contribution is 2.23. The topological polar surface area (TPSA) is 29.1 Å². The fraction of sp³-hybridized carbons (Fsp3) is 0.188. The summed E-state index contributed by atoms with van der Waals surface area (Å²) in [4.78, 5) is 12.2. The number of anilines is 1. The van der Waals surface area contributed by atoms with E-state index >= 15 is 0 Å². The molecule has 0 fully saturated rings. The lowest BCUT2D eigenvalue weighted by molar-refractivity contribution is 0.0993. The molecule has 1 N–H and O–H groups in total. The summed E-state index contributed by atoms with van der Waals surface area (Å²) in [7, 11) is 0. The van der Waals surface area contributed by atoms with Crippen molar-refractivity contribution in [2.24, 2.45) is 0 Å². The third-order valence-electron chi connectivity index (χ3n) is 3.41. The van der Waals surface area contributed by atoms with E-state index in [2.05, 4.69) is 5.32 Å². The molecule has 3 rings (SSSR count). The lowest BCUT2D eigenvalue weighted by atomic mass is 10.0. The van der Waals surface area contributed by atoms with Crippen LogP contribution >= 0.6 is 11.6 Å². The van der Waals surface area contributed by atoms with E-state index in [1.54, 1.807) is 0 Å². The number of nitrogens with one attached hydrogen (secondary N) is 1. The molecule has 0 amide bonds. The Hall–Kier alpha value is -1.80. The minimum Gasteiger partial charge on any atom is -0.384 e. The van der Waals surface area contributed by atoms with Crippen molar-refractivity contribution in [2.45, 2.75) is 12.8 Å². The lowest BCUT2D eigenvalue weighted by Gasteiger charge is -2.05. The molecular weight excluding hydrogens is 258 g/mol. The maximum absolute atomic E-state index is 12.2. The highest BCUT2D eigenvalue weighted by molar-refractivity contribution is 6.30. The van der Waals surface area contributed by atoms with Crippen LogP contribution in [0, 0.1) is 0 Å². The Morgan fingerprint density at radius 1 is 1.16 bits per heavy atom. The predicted octanol–water partition coefficient (Wildman–Crippen LogP) is 3.73. The first kappa shape index (κ1) is 12.2. The Balaban J connectivity index is 1.78. The largest absolute Gasteiger partial charge is 0.384 e. The van der Waals surface area contributed by atoms with Crippen LogP contribution in [0.5, 0.6) is 0 Å². The highest BCUT2D eigenvalue weighted by Gasteiger charge is 2.13. The Kier molecular flexibility index (Phi) is 3.26. The summed E-state index contributed by atoms with van der Waals surface area (Å²) in [6.07, 6.45) is 1.42. The van der Waals surface area contributed by atoms with E-state index in [-0.39, 0.29) is 5.78 Å². The second kappa shape index (κ2) is 5.06. The third kappa shape index (κ3) is 2.64. The van der Waals surface area contributed by atoms with E-state index in [0.29, 0.717) is 11.4 Å². The number of Topliss-reactive ketones (excluding diaryl/α,β-unsaturated/α-hetero) is 1. The maximum atomic E-state index is 12.2. The first-order valence-electron chi connectivity index (χ1n) is 6.37. The molecule has 0 aliphatic carbocycles. The van der Waals surface area contributed by atoms with Gasteiger partial charge in [-0.2, -0.15) is 0 Å². The predicted molar refractivity (Wildman–Crippen MR) is 78.1 cm³/mol. The SMILES string of the molecule is O=C(Cc1ccc(Cl)cc1)c1ccc2c(c1)CCN2. The minimum atomic E-state index is 0.150. The Labute approximate surface area is 117 Å². The van der Waals surface area contributed by atoms with Gasteiger partial charge in [0.15, 0.2) is 5.78 Å². The van der Waals surface area contributed by atoms with Gasteiger partial charge in [-0.25, -0.2) is 0 Å². The zero-order valence-electron chi connectivity index (χ0n) is 10.4. The molecule has 0 saturated heterocycles. The number of hydrogen-bond donors (Lipinski definition) is 1. The zero-order valence-corrected chi connectivity index (χ0v) is 11.2. The van der Waals surface area contributed by atoms with Gasteiger partial charge in [0.25, 0.3) is 0 Å². The summed E-state index contributed by atoms with van der Waals surface area (Å²) >= 11 is 5.84. The monoisotopic (exact) mass is 271 g/mol. The number of benzene rings is 2. The van der Waals surface area contributed by atoms with Crippen molar-refractivity contribution in [1.29, 1.82) is 0 Å². The number of carbonyl (C=O) groups excluding carboxylic acids is 1. The molecule has 1 aliphatic heterocycles. The molecule has 0 saturated carbocycles. The number of hydrogen-bond acceptors (Lipinski definition) is 2. The summed E-state index contributed by atoms with van der Waals surface area (Å²) < 4.78 is 0. The van der Waals surface area contributed by atoms with Crippen LogP contribution in [0.4, 0.5) is 5.69 Å². The van der Waals surface area contributed by atoms with Crippen molar-refractivity contribution < 1.29 is 4.79 Å². The minimum absolute atomic E-state index is 0.150. The average molecular weight is 272 g/mol. The molecule has 1 heterocycles. The summed E-state index contributed by atoms with van der Waals surface area (Å²) in [6.45, 7) is 0.962. The lowest BCUT2D eigenvalue weighted by Crippen LogP contribution is -2.03. The second-order valence-corrected chi connectivity index (χ2v) is 5.21. The number of halogens is 1. The van der Waals surface area contributed by atoms with Crippen molar-refractivity contribution in [3.05, 3.63) is 64.2 Å². The van der Waals surface area contributed by atoms with Gasteiger partial charge in [-0.3, -0.25) is 4.79 Å². The van der Waals surface area contributed by atoms with Crippen LogP contribution in [0.2, 0.25) is 5.02 Å². The molecular formula is C16H14ClNO. The first-order chi connectivity index (χ1) is 9.22. The first-order valence-corrected chi connectivity index (χ1v) is 6.74. The van der Waals surface area contributed by atoms with Gasteiger partial charge in [0.2, 0.25) is 0 Å². The Morgan fingerprint density at radius 2 is 1.95 bits per heavy atom. The van der Waals surface area contributed by atoms with Crippen molar-refractivity contribution in [1.82, 2.24) is 0 Å². The molecule has 19 heavy (non-hydrogen) atoms. The van der Waals surface area contributed by atoms with Gasteiger partial charge in [0.05, 0.1) is 0 Å². The van der Waals surface area contributed by atoms with Crippen molar-refractivity contribution in [3.63, 3.8) is 0 Å². The summed E-state index contributed by atoms with van der Waals surface area (Å²) in [5, 5.41) is 3.99. The van der Waals surface area contributed by atoms with Gasteiger partial charge in [0, 0.05) is 29.2 Å². The molecule has 0 atom stereocenters. The summed E-state index contributed by atoms with van der Waals surface area (Å²) in [5.74, 6) is 0.150. The van der Waals surface area contributed by atoms with Gasteiger partial charge in [0.1, 0.15) is 0 Å². The molecule has 0 bridgehead atoms. The van der Waals surface area contributed by atoms with E-state index in [1.807, 2.05) is 42.5 Å². The molecule has 0 spiro atoms. The van der Waals surface area contributed by atoms with E-state index in [4.69, 9.17) is 11.6 Å². The molecule has 0 unspecified atom stereocenters. The van der Waals surface area contributed by atoms with Gasteiger partial charge in [-0.1, -0.05) is 23.7 Å². The van der Waals surface area contributed by atoms with Crippen molar-refractivity contribution in [2.75, 3.05) is 11.9 Å². The molecule has 3 heteroatoms. The van der Waals surface area contributed by atoms with Gasteiger partial charge in [-0.05, 0) is 47.9 Å². The molecule has 2 aromatic rings. The van der Waals surface area contributed by atoms with E-state index in [0.717, 1.165) is 29.8 Å². The molecule has 0 radical (unpaired) electrons. The van der Waals surface area contributed by atoms with Crippen LogP contribution in [-0.4, -0.2) is 12.3 Å². The van der Waals surface area contributed by atoms with Gasteiger partial charge in [-0.15, -0.1) is 0 Å². The fourth-order valence-electron chi connectivity index (χ4n) is 2.37. The fourth-order valence-corrected chi connectivity index (χ4v) is 2.49. The smallest absolute Gasteiger partial charge is 0.167 e. The molecule has 2 aromatic carbocycles. The van der Waals surface area contributed by atoms with Crippen LogP contribution in [0.25, 0.3) is 0 Å². The van der Waals surface area contributed by atoms with Gasteiger partial charge < -0.3 is 5.32 Å². The maximum Gasteiger partial charge on any atom is 0.167 e. The molecule has 96 valence electrons. The van der Waals surface area contributed by atoms with Crippen LogP contribution in [0.3, 0.4) is 0 Å². The van der Waals surface area contributed by atoms with Crippen LogP contribution in [-0.2, 0) is 12.8 Å². The standard InChI is InChI=1S/C16H14ClNO/c17-14-4-1-11(2-5-14)9-16(19)13-3-6-15-12(10-13)7-8-18-15/h1-6,10,18H,7-9H2. The van der Waals surface area contributed by atoms with E-state index in [1.165, 1.54) is 5.56 Å². The zero-order chi connectivity index (χ0) is 13.2. The van der Waals surface area contributed by atoms with Crippen LogP contribution in [0.15, 0.2) is 42.5 Å². The third-order valence-corrected chi connectivity index (χ3v) is 3.67. The number of ketones is 1. The number of rotatable bonds is 3. The van der Waals surface area contributed by atoms with Crippen LogP contribution < -0.4 is 5.32 Å². The second-order valence-electron chi connectivity index (χ2n) is 4.78. The van der Waals surface area contributed by atoms with Crippen LogP contribution in [0.1, 0.15) is 21.5 Å². The van der Waals surface area contributed by atoms with Gasteiger partial charge >= 0.3 is 0 Å². The van der Waals surface area contributed by atoms with Crippen molar-refractivity contribution in [3.8, 4) is 0 Å². The van der Waals surface area contributed by atoms with E-state index < -0.39 is 0 Å². The number of carbonyl (C=O) groups is 1. The Bertz CT molecular complexity index is 619. The summed E-state index contributed by atoms with van der Waals surface area (Å²) in [5.41, 5.74) is 4.18. The normalized spacial score (nSPS) is 12.9. The molecule has 1 aliphatic rings. The highest BCUT2D eigenvalue weighted by atomic mass is 35.5. The average Bonchev–Trinajstić information content (AvgIpc) is 2.88. The molecule has 0 aromatic heterocycles. The summed E-state index contributed by atoms with van der Waals surface area (Å²) in [6, 6.07) is 13.3. The van der Waals surface area contributed by atoms with Crippen molar-refractivity contribution >= 4 is 23.1 Å².